The topological polar surface area (TPSA) is 77.0 Å². The molecule has 5 heteroatoms. The first-order valence-electron chi connectivity index (χ1n) is 6.00. The van der Waals surface area contributed by atoms with Crippen molar-refractivity contribution in [3.05, 3.63) is 29.7 Å². The van der Waals surface area contributed by atoms with Gasteiger partial charge in [0.25, 0.3) is 0 Å². The number of nitrogens with one attached hydrogen (secondary N) is 1. The molecule has 0 radical (unpaired) electrons. The highest BCUT2D eigenvalue weighted by Crippen LogP contribution is 2.21. The van der Waals surface area contributed by atoms with Gasteiger partial charge in [0.1, 0.15) is 11.6 Å². The highest BCUT2D eigenvalue weighted by atomic mass is 16.3. The van der Waals surface area contributed by atoms with Crippen LogP contribution in [0, 0.1) is 12.8 Å². The summed E-state index contributed by atoms with van der Waals surface area (Å²) in [7, 11) is 0. The molecular weight excluding hydrogens is 228 g/mol. The van der Waals surface area contributed by atoms with Crippen LogP contribution in [0.5, 0.6) is 0 Å². The monoisotopic (exact) mass is 246 g/mol. The molecule has 0 aromatic carbocycles. The van der Waals surface area contributed by atoms with Crippen molar-refractivity contribution in [2.24, 2.45) is 11.8 Å². The van der Waals surface area contributed by atoms with Crippen LogP contribution in [-0.2, 0) is 6.42 Å². The van der Waals surface area contributed by atoms with Crippen molar-refractivity contribution in [3.63, 3.8) is 0 Å². The van der Waals surface area contributed by atoms with Crippen LogP contribution in [0.4, 0.5) is 5.82 Å². The fourth-order valence-corrected chi connectivity index (χ4v) is 1.76. The Kier molecular flexibility index (Phi) is 3.62. The zero-order valence-electron chi connectivity index (χ0n) is 10.9. The number of hydrogen-bond acceptors (Lipinski definition) is 5. The molecule has 2 heterocycles. The van der Waals surface area contributed by atoms with Gasteiger partial charge in [-0.25, -0.2) is 15.8 Å². The van der Waals surface area contributed by atoms with Gasteiger partial charge in [0, 0.05) is 11.8 Å². The van der Waals surface area contributed by atoms with Crippen LogP contribution in [-0.4, -0.2) is 9.97 Å². The molecule has 0 atom stereocenters. The minimum absolute atomic E-state index is 0.525. The van der Waals surface area contributed by atoms with Crippen molar-refractivity contribution in [1.29, 1.82) is 0 Å². The fraction of sp³-hybridized carbons (Fsp3) is 0.385. The van der Waals surface area contributed by atoms with Crippen LogP contribution < -0.4 is 11.3 Å². The van der Waals surface area contributed by atoms with Crippen molar-refractivity contribution in [1.82, 2.24) is 9.97 Å². The molecule has 0 aliphatic heterocycles. The normalized spacial score (nSPS) is 10.9. The molecule has 0 saturated heterocycles. The molecule has 96 valence electrons. The minimum Gasteiger partial charge on any atom is -0.458 e. The SMILES string of the molecule is Cc1ccc(-c2nc(CC(C)C)cc(NN)n2)o1. The minimum atomic E-state index is 0.525. The van der Waals surface area contributed by atoms with Crippen LogP contribution in [0.15, 0.2) is 22.6 Å². The highest BCUT2D eigenvalue weighted by Gasteiger charge is 2.10. The molecule has 18 heavy (non-hydrogen) atoms. The van der Waals surface area contributed by atoms with E-state index in [9.17, 15) is 0 Å². The van der Waals surface area contributed by atoms with Crippen molar-refractivity contribution in [3.8, 4) is 11.6 Å². The number of aromatic nitrogens is 2. The van der Waals surface area contributed by atoms with Crippen LogP contribution in [0.2, 0.25) is 0 Å². The Morgan fingerprint density at radius 1 is 1.33 bits per heavy atom. The van der Waals surface area contributed by atoms with E-state index in [0.29, 0.717) is 23.3 Å². The smallest absolute Gasteiger partial charge is 0.197 e. The van der Waals surface area contributed by atoms with Gasteiger partial charge in [0.2, 0.25) is 0 Å². The lowest BCUT2D eigenvalue weighted by Gasteiger charge is -2.08. The third-order valence-corrected chi connectivity index (χ3v) is 2.51. The number of aryl methyl sites for hydroxylation is 1. The zero-order valence-corrected chi connectivity index (χ0v) is 10.9. The Hall–Kier alpha value is -1.88. The Labute approximate surface area is 106 Å². The summed E-state index contributed by atoms with van der Waals surface area (Å²) in [5, 5.41) is 0. The molecule has 5 nitrogen and oxygen atoms in total. The largest absolute Gasteiger partial charge is 0.458 e. The van der Waals surface area contributed by atoms with Crippen molar-refractivity contribution >= 4 is 5.82 Å². The molecule has 2 aromatic heterocycles. The van der Waals surface area contributed by atoms with Gasteiger partial charge in [0.15, 0.2) is 11.6 Å². The summed E-state index contributed by atoms with van der Waals surface area (Å²) in [6.07, 6.45) is 0.879. The maximum absolute atomic E-state index is 5.54. The standard InChI is InChI=1S/C13H18N4O/c1-8(2)6-10-7-12(17-14)16-13(15-10)11-5-4-9(3)18-11/h4-5,7-8H,6,14H2,1-3H3,(H,15,16,17). The zero-order chi connectivity index (χ0) is 13.1. The summed E-state index contributed by atoms with van der Waals surface area (Å²) in [5.41, 5.74) is 3.52. The number of rotatable bonds is 4. The second kappa shape index (κ2) is 5.18. The van der Waals surface area contributed by atoms with Gasteiger partial charge in [0.05, 0.1) is 0 Å². The summed E-state index contributed by atoms with van der Waals surface area (Å²) in [6, 6.07) is 5.62. The first kappa shape index (κ1) is 12.6. The van der Waals surface area contributed by atoms with Gasteiger partial charge < -0.3 is 9.84 Å². The van der Waals surface area contributed by atoms with Crippen LogP contribution in [0.1, 0.15) is 25.3 Å². The summed E-state index contributed by atoms with van der Waals surface area (Å²) in [4.78, 5) is 8.81. The van der Waals surface area contributed by atoms with Crippen molar-refractivity contribution < 1.29 is 4.42 Å². The summed E-state index contributed by atoms with van der Waals surface area (Å²) in [5.74, 6) is 8.62. The number of hydrazine groups is 1. The first-order valence-corrected chi connectivity index (χ1v) is 6.00. The average Bonchev–Trinajstić information content (AvgIpc) is 2.74. The number of hydrogen-bond donors (Lipinski definition) is 2. The lowest BCUT2D eigenvalue weighted by Crippen LogP contribution is -2.11. The fourth-order valence-electron chi connectivity index (χ4n) is 1.76. The van der Waals surface area contributed by atoms with Gasteiger partial charge in [-0.2, -0.15) is 0 Å². The molecule has 0 bridgehead atoms. The molecule has 2 rings (SSSR count). The highest BCUT2D eigenvalue weighted by molar-refractivity contribution is 5.51. The second-order valence-corrected chi connectivity index (χ2v) is 4.72. The van der Waals surface area contributed by atoms with Gasteiger partial charge in [-0.3, -0.25) is 0 Å². The number of nitrogen functional groups attached to an aromatic ring is 1. The molecule has 0 aliphatic carbocycles. The summed E-state index contributed by atoms with van der Waals surface area (Å²) >= 11 is 0. The van der Waals surface area contributed by atoms with E-state index in [4.69, 9.17) is 10.3 Å². The maximum Gasteiger partial charge on any atom is 0.197 e. The van der Waals surface area contributed by atoms with E-state index in [1.54, 1.807) is 0 Å². The molecular formula is C13H18N4O. The summed E-state index contributed by atoms with van der Waals surface area (Å²) < 4.78 is 5.54. The average molecular weight is 246 g/mol. The van der Waals surface area contributed by atoms with Gasteiger partial charge >= 0.3 is 0 Å². The third-order valence-electron chi connectivity index (χ3n) is 2.51. The maximum atomic E-state index is 5.54. The van der Waals surface area contributed by atoms with Crippen LogP contribution in [0.25, 0.3) is 11.6 Å². The van der Waals surface area contributed by atoms with E-state index in [1.807, 2.05) is 25.1 Å². The predicted octanol–water partition coefficient (Wildman–Crippen LogP) is 2.53. The molecule has 0 unspecified atom stereocenters. The molecule has 3 N–H and O–H groups in total. The Bertz CT molecular complexity index is 534. The third kappa shape index (κ3) is 2.87. The van der Waals surface area contributed by atoms with Crippen LogP contribution in [0.3, 0.4) is 0 Å². The molecule has 0 spiro atoms. The Balaban J connectivity index is 2.40. The summed E-state index contributed by atoms with van der Waals surface area (Å²) in [6.45, 7) is 6.19. The lowest BCUT2D eigenvalue weighted by atomic mass is 10.1. The lowest BCUT2D eigenvalue weighted by molar-refractivity contribution is 0.543. The molecule has 0 saturated carbocycles. The van der Waals surface area contributed by atoms with E-state index in [2.05, 4.69) is 29.2 Å². The predicted molar refractivity (Wildman–Crippen MR) is 70.8 cm³/mol. The van der Waals surface area contributed by atoms with E-state index < -0.39 is 0 Å². The quantitative estimate of drug-likeness (QED) is 0.640. The molecule has 0 fully saturated rings. The molecule has 0 amide bonds. The van der Waals surface area contributed by atoms with Gasteiger partial charge in [-0.05, 0) is 31.4 Å². The molecule has 2 aromatic rings. The second-order valence-electron chi connectivity index (χ2n) is 4.72. The van der Waals surface area contributed by atoms with E-state index in [-0.39, 0.29) is 0 Å². The van der Waals surface area contributed by atoms with Gasteiger partial charge in [-0.1, -0.05) is 13.8 Å². The van der Waals surface area contributed by atoms with Crippen molar-refractivity contribution in [2.45, 2.75) is 27.2 Å². The Morgan fingerprint density at radius 3 is 2.67 bits per heavy atom. The number of anilines is 1. The Morgan fingerprint density at radius 2 is 2.11 bits per heavy atom. The van der Waals surface area contributed by atoms with E-state index >= 15 is 0 Å². The van der Waals surface area contributed by atoms with Gasteiger partial charge in [-0.15, -0.1) is 0 Å². The molecule has 0 aliphatic rings. The van der Waals surface area contributed by atoms with E-state index in [0.717, 1.165) is 17.9 Å². The first-order chi connectivity index (χ1) is 8.58. The number of nitrogens with two attached hydrogens (primary N) is 1. The van der Waals surface area contributed by atoms with E-state index in [1.165, 1.54) is 0 Å². The van der Waals surface area contributed by atoms with Crippen molar-refractivity contribution in [2.75, 3.05) is 5.43 Å². The number of furan rings is 1. The number of nitrogens with zero attached hydrogens (tertiary/aromatic N) is 2. The van der Waals surface area contributed by atoms with Crippen LogP contribution >= 0.6 is 0 Å².